The Morgan fingerprint density at radius 1 is 1.21 bits per heavy atom. The van der Waals surface area contributed by atoms with E-state index in [1.165, 1.54) is 11.8 Å². The van der Waals surface area contributed by atoms with Crippen molar-refractivity contribution in [1.29, 1.82) is 0 Å². The van der Waals surface area contributed by atoms with Gasteiger partial charge in [0.25, 0.3) is 0 Å². The van der Waals surface area contributed by atoms with Crippen LogP contribution >= 0.6 is 11.8 Å². The zero-order valence-electron chi connectivity index (χ0n) is 11.6. The number of hydrogen-bond donors (Lipinski definition) is 0. The molecule has 104 valence electrons. The van der Waals surface area contributed by atoms with E-state index in [-0.39, 0.29) is 10.5 Å². The van der Waals surface area contributed by atoms with Gasteiger partial charge >= 0.3 is 0 Å². The van der Waals surface area contributed by atoms with Crippen LogP contribution in [0.4, 0.5) is 0 Å². The van der Waals surface area contributed by atoms with Crippen molar-refractivity contribution in [2.75, 3.05) is 19.0 Å². The van der Waals surface area contributed by atoms with Crippen molar-refractivity contribution in [3.05, 3.63) is 35.9 Å². The molecule has 0 unspecified atom stereocenters. The normalized spacial score (nSPS) is 21.0. The van der Waals surface area contributed by atoms with Crippen molar-refractivity contribution < 1.29 is 14.3 Å². The van der Waals surface area contributed by atoms with Crippen LogP contribution < -0.4 is 0 Å². The minimum atomic E-state index is -0.798. The first-order chi connectivity index (χ1) is 8.94. The zero-order chi connectivity index (χ0) is 13.9. The molecule has 2 rings (SSSR count). The molecule has 0 atom stereocenters. The van der Waals surface area contributed by atoms with Gasteiger partial charge in [-0.15, -0.1) is 0 Å². The summed E-state index contributed by atoms with van der Waals surface area (Å²) in [5.74, 6) is -0.310. The fourth-order valence-electron chi connectivity index (χ4n) is 1.93. The average Bonchev–Trinajstić information content (AvgIpc) is 2.39. The van der Waals surface area contributed by atoms with E-state index in [9.17, 15) is 4.79 Å². The van der Waals surface area contributed by atoms with Crippen LogP contribution in [0.3, 0.4) is 0 Å². The van der Waals surface area contributed by atoms with Crippen LogP contribution in [0, 0.1) is 5.41 Å². The molecule has 0 N–H and O–H groups in total. The SMILES string of the molecule is CC(=O)SCC1(c2ccccc2)OCC(C)(C)CO1. The topological polar surface area (TPSA) is 35.5 Å². The Kier molecular flexibility index (Phi) is 4.33. The second-order valence-electron chi connectivity index (χ2n) is 5.64. The van der Waals surface area contributed by atoms with Gasteiger partial charge in [-0.1, -0.05) is 55.9 Å². The van der Waals surface area contributed by atoms with Gasteiger partial charge in [-0.25, -0.2) is 0 Å². The molecule has 1 aliphatic heterocycles. The molecule has 0 aromatic heterocycles. The van der Waals surface area contributed by atoms with E-state index >= 15 is 0 Å². The number of thioether (sulfide) groups is 1. The lowest BCUT2D eigenvalue weighted by molar-refractivity contribution is -0.295. The van der Waals surface area contributed by atoms with Crippen molar-refractivity contribution in [3.63, 3.8) is 0 Å². The Hall–Kier alpha value is -0.840. The van der Waals surface area contributed by atoms with E-state index in [1.807, 2.05) is 30.3 Å². The Bertz CT molecular complexity index is 432. The molecule has 0 aliphatic carbocycles. The minimum absolute atomic E-state index is 0.0131. The maximum absolute atomic E-state index is 11.2. The third-order valence-electron chi connectivity index (χ3n) is 3.07. The van der Waals surface area contributed by atoms with Gasteiger partial charge in [0, 0.05) is 17.9 Å². The van der Waals surface area contributed by atoms with Crippen LogP contribution in [-0.2, 0) is 20.1 Å². The molecule has 4 heteroatoms. The monoisotopic (exact) mass is 280 g/mol. The third kappa shape index (κ3) is 3.59. The van der Waals surface area contributed by atoms with Gasteiger partial charge in [-0.2, -0.15) is 0 Å². The van der Waals surface area contributed by atoms with Gasteiger partial charge < -0.3 is 9.47 Å². The summed E-state index contributed by atoms with van der Waals surface area (Å²) in [5.41, 5.74) is 0.985. The van der Waals surface area contributed by atoms with E-state index in [4.69, 9.17) is 9.47 Å². The summed E-state index contributed by atoms with van der Waals surface area (Å²) < 4.78 is 12.0. The largest absolute Gasteiger partial charge is 0.345 e. The average molecular weight is 280 g/mol. The van der Waals surface area contributed by atoms with Crippen molar-refractivity contribution in [2.24, 2.45) is 5.41 Å². The molecule has 19 heavy (non-hydrogen) atoms. The smallest absolute Gasteiger partial charge is 0.204 e. The molecule has 0 saturated carbocycles. The van der Waals surface area contributed by atoms with Crippen molar-refractivity contribution >= 4 is 16.9 Å². The fraction of sp³-hybridized carbons (Fsp3) is 0.533. The van der Waals surface area contributed by atoms with Gasteiger partial charge in [0.1, 0.15) is 0 Å². The summed E-state index contributed by atoms with van der Waals surface area (Å²) in [4.78, 5) is 11.2. The zero-order valence-corrected chi connectivity index (χ0v) is 12.5. The highest BCUT2D eigenvalue weighted by atomic mass is 32.2. The van der Waals surface area contributed by atoms with Crippen molar-refractivity contribution in [3.8, 4) is 0 Å². The standard InChI is InChI=1S/C15H20O3S/c1-12(16)19-11-15(13-7-5-4-6-8-13)17-9-14(2,3)10-18-15/h4-8H,9-11H2,1-3H3. The predicted molar refractivity (Wildman–Crippen MR) is 76.9 cm³/mol. The van der Waals surface area contributed by atoms with Crippen molar-refractivity contribution in [2.45, 2.75) is 26.6 Å². The maximum atomic E-state index is 11.2. The number of benzene rings is 1. The molecule has 1 saturated heterocycles. The minimum Gasteiger partial charge on any atom is -0.345 e. The second kappa shape index (κ2) is 5.65. The molecule has 1 heterocycles. The summed E-state index contributed by atoms with van der Waals surface area (Å²) in [7, 11) is 0. The molecule has 1 aromatic carbocycles. The summed E-state index contributed by atoms with van der Waals surface area (Å²) in [6.07, 6.45) is 0. The van der Waals surface area contributed by atoms with Gasteiger partial charge in [-0.3, -0.25) is 4.79 Å². The predicted octanol–water partition coefficient (Wildman–Crippen LogP) is 3.19. The highest BCUT2D eigenvalue weighted by molar-refractivity contribution is 8.13. The highest BCUT2D eigenvalue weighted by Gasteiger charge is 2.42. The molecule has 0 bridgehead atoms. The first-order valence-electron chi connectivity index (χ1n) is 6.40. The number of ether oxygens (including phenoxy) is 2. The summed E-state index contributed by atoms with van der Waals surface area (Å²) in [5, 5.41) is 0.0762. The molecule has 1 aromatic rings. The molecule has 0 amide bonds. The number of hydrogen-bond acceptors (Lipinski definition) is 4. The highest BCUT2D eigenvalue weighted by Crippen LogP contribution is 2.38. The molecule has 3 nitrogen and oxygen atoms in total. The first-order valence-corrected chi connectivity index (χ1v) is 7.39. The van der Waals surface area contributed by atoms with Gasteiger partial charge in [0.05, 0.1) is 19.0 Å². The fourth-order valence-corrected chi connectivity index (χ4v) is 2.66. The first kappa shape index (κ1) is 14.6. The Labute approximate surface area is 118 Å². The summed E-state index contributed by atoms with van der Waals surface area (Å²) >= 11 is 1.24. The van der Waals surface area contributed by atoms with Crippen LogP contribution in [0.5, 0.6) is 0 Å². The van der Waals surface area contributed by atoms with Crippen molar-refractivity contribution in [1.82, 2.24) is 0 Å². The lowest BCUT2D eigenvalue weighted by atomic mass is 9.93. The van der Waals surface area contributed by atoms with E-state index in [0.29, 0.717) is 19.0 Å². The van der Waals surface area contributed by atoms with Crippen LogP contribution in [0.2, 0.25) is 0 Å². The molecule has 0 radical (unpaired) electrons. The van der Waals surface area contributed by atoms with Crippen LogP contribution in [0.1, 0.15) is 26.3 Å². The van der Waals surface area contributed by atoms with Crippen LogP contribution in [-0.4, -0.2) is 24.1 Å². The summed E-state index contributed by atoms with van der Waals surface area (Å²) in [6.45, 7) is 7.04. The van der Waals surface area contributed by atoms with E-state index in [0.717, 1.165) is 5.56 Å². The molecular formula is C15H20O3S. The molecule has 1 fully saturated rings. The molecule has 1 aliphatic rings. The van der Waals surface area contributed by atoms with E-state index in [2.05, 4.69) is 13.8 Å². The van der Waals surface area contributed by atoms with E-state index in [1.54, 1.807) is 6.92 Å². The Morgan fingerprint density at radius 3 is 2.32 bits per heavy atom. The molecule has 0 spiro atoms. The van der Waals surface area contributed by atoms with Gasteiger partial charge in [-0.05, 0) is 0 Å². The Morgan fingerprint density at radius 2 is 1.79 bits per heavy atom. The van der Waals surface area contributed by atoms with E-state index < -0.39 is 5.79 Å². The van der Waals surface area contributed by atoms with Crippen LogP contribution in [0.25, 0.3) is 0 Å². The summed E-state index contributed by atoms with van der Waals surface area (Å²) in [6, 6.07) is 9.85. The third-order valence-corrected chi connectivity index (χ3v) is 4.00. The van der Waals surface area contributed by atoms with Crippen LogP contribution in [0.15, 0.2) is 30.3 Å². The second-order valence-corrected chi connectivity index (χ2v) is 6.79. The lowest BCUT2D eigenvalue weighted by Crippen LogP contribution is -2.47. The lowest BCUT2D eigenvalue weighted by Gasteiger charge is -2.43. The van der Waals surface area contributed by atoms with Gasteiger partial charge in [0.15, 0.2) is 5.12 Å². The van der Waals surface area contributed by atoms with Gasteiger partial charge in [0.2, 0.25) is 5.79 Å². The number of carbonyl (C=O) groups excluding carboxylic acids is 1. The quantitative estimate of drug-likeness (QED) is 0.852. The number of rotatable bonds is 3. The maximum Gasteiger partial charge on any atom is 0.204 e. The molecular weight excluding hydrogens is 260 g/mol. The number of carbonyl (C=O) groups is 1. The Balaban J connectivity index is 2.22.